The van der Waals surface area contributed by atoms with Gasteiger partial charge in [-0.3, -0.25) is 4.90 Å². The molecule has 0 aromatic heterocycles. The maximum Gasteiger partial charge on any atom is 0.161 e. The van der Waals surface area contributed by atoms with Gasteiger partial charge in [-0.2, -0.15) is 0 Å². The van der Waals surface area contributed by atoms with Gasteiger partial charge in [-0.15, -0.1) is 0 Å². The Morgan fingerprint density at radius 3 is 2.42 bits per heavy atom. The molecule has 2 bridgehead atoms. The number of halogens is 3. The average Bonchev–Trinajstić information content (AvgIpc) is 2.81. The lowest BCUT2D eigenvalue weighted by molar-refractivity contribution is 0.203. The van der Waals surface area contributed by atoms with Crippen molar-refractivity contribution in [1.29, 1.82) is 0 Å². The van der Waals surface area contributed by atoms with E-state index in [2.05, 4.69) is 17.0 Å². The summed E-state index contributed by atoms with van der Waals surface area (Å²) in [5, 5.41) is 0. The fourth-order valence-corrected chi connectivity index (χ4v) is 3.93. The van der Waals surface area contributed by atoms with Crippen LogP contribution in [0.3, 0.4) is 0 Å². The highest BCUT2D eigenvalue weighted by atomic mass is 19.2. The van der Waals surface area contributed by atoms with Crippen LogP contribution in [0, 0.1) is 17.5 Å². The largest absolute Gasteiger partial charge is 0.289 e. The van der Waals surface area contributed by atoms with Crippen molar-refractivity contribution in [2.24, 2.45) is 0 Å². The standard InChI is InChI=1S/C20H18F3N/c21-18-11-20(23)19(22)10-17(18)14-8-15-6-7-16(9-14)24(15)12-13-4-2-1-3-5-13/h1-5,8,10-11,15-16H,6-7,9,12H2. The molecule has 4 heteroatoms. The van der Waals surface area contributed by atoms with Crippen LogP contribution in [0.4, 0.5) is 13.2 Å². The van der Waals surface area contributed by atoms with Crippen molar-refractivity contribution in [3.8, 4) is 0 Å². The molecule has 1 saturated heterocycles. The van der Waals surface area contributed by atoms with Crippen LogP contribution in [0.5, 0.6) is 0 Å². The van der Waals surface area contributed by atoms with E-state index in [1.807, 2.05) is 24.3 Å². The lowest BCUT2D eigenvalue weighted by Crippen LogP contribution is -2.37. The summed E-state index contributed by atoms with van der Waals surface area (Å²) in [6.45, 7) is 0.861. The van der Waals surface area contributed by atoms with Crippen LogP contribution in [0.1, 0.15) is 30.4 Å². The SMILES string of the molecule is Fc1cc(F)c(C2=CC3CCC(C2)N3Cc2ccccc2)cc1F. The first-order valence-corrected chi connectivity index (χ1v) is 8.27. The third-order valence-electron chi connectivity index (χ3n) is 5.10. The van der Waals surface area contributed by atoms with Crippen LogP contribution in [0.15, 0.2) is 48.5 Å². The molecule has 1 fully saturated rings. The van der Waals surface area contributed by atoms with Crippen molar-refractivity contribution >= 4 is 5.57 Å². The van der Waals surface area contributed by atoms with E-state index in [0.717, 1.165) is 31.0 Å². The van der Waals surface area contributed by atoms with Crippen molar-refractivity contribution in [3.63, 3.8) is 0 Å². The monoisotopic (exact) mass is 329 g/mol. The first kappa shape index (κ1) is 15.5. The number of rotatable bonds is 3. The number of hydrogen-bond donors (Lipinski definition) is 0. The quantitative estimate of drug-likeness (QED) is 0.722. The van der Waals surface area contributed by atoms with Gasteiger partial charge in [0.25, 0.3) is 0 Å². The molecule has 124 valence electrons. The Balaban J connectivity index is 1.61. The van der Waals surface area contributed by atoms with Crippen LogP contribution < -0.4 is 0 Å². The van der Waals surface area contributed by atoms with Gasteiger partial charge in [0.1, 0.15) is 5.82 Å². The fraction of sp³-hybridized carbons (Fsp3) is 0.300. The summed E-state index contributed by atoms with van der Waals surface area (Å²) in [5.41, 5.74) is 2.25. The second kappa shape index (κ2) is 6.10. The first-order chi connectivity index (χ1) is 11.6. The Hall–Kier alpha value is -2.07. The van der Waals surface area contributed by atoms with E-state index in [4.69, 9.17) is 0 Å². The van der Waals surface area contributed by atoms with E-state index in [0.29, 0.717) is 18.5 Å². The summed E-state index contributed by atoms with van der Waals surface area (Å²) in [6.07, 6.45) is 4.77. The van der Waals surface area contributed by atoms with E-state index in [1.165, 1.54) is 5.56 Å². The van der Waals surface area contributed by atoms with Gasteiger partial charge in [0.15, 0.2) is 11.6 Å². The van der Waals surface area contributed by atoms with Gasteiger partial charge in [-0.1, -0.05) is 36.4 Å². The van der Waals surface area contributed by atoms with Crippen molar-refractivity contribution in [1.82, 2.24) is 4.90 Å². The minimum absolute atomic E-state index is 0.199. The van der Waals surface area contributed by atoms with Crippen molar-refractivity contribution in [2.45, 2.75) is 37.9 Å². The zero-order chi connectivity index (χ0) is 16.7. The van der Waals surface area contributed by atoms with Crippen LogP contribution in [-0.4, -0.2) is 17.0 Å². The third-order valence-corrected chi connectivity index (χ3v) is 5.10. The van der Waals surface area contributed by atoms with E-state index in [9.17, 15) is 13.2 Å². The van der Waals surface area contributed by atoms with Crippen molar-refractivity contribution < 1.29 is 13.2 Å². The van der Waals surface area contributed by atoms with Crippen LogP contribution in [0.2, 0.25) is 0 Å². The molecular weight excluding hydrogens is 311 g/mol. The van der Waals surface area contributed by atoms with Gasteiger partial charge >= 0.3 is 0 Å². The van der Waals surface area contributed by atoms with Gasteiger partial charge in [-0.05, 0) is 36.5 Å². The van der Waals surface area contributed by atoms with E-state index in [-0.39, 0.29) is 11.6 Å². The Labute approximate surface area is 139 Å². The van der Waals surface area contributed by atoms with Gasteiger partial charge < -0.3 is 0 Å². The second-order valence-electron chi connectivity index (χ2n) is 6.60. The molecule has 2 atom stereocenters. The molecule has 2 aromatic carbocycles. The Morgan fingerprint density at radius 1 is 0.917 bits per heavy atom. The van der Waals surface area contributed by atoms with Crippen LogP contribution in [0.25, 0.3) is 5.57 Å². The number of benzene rings is 2. The maximum atomic E-state index is 14.1. The smallest absolute Gasteiger partial charge is 0.161 e. The summed E-state index contributed by atoms with van der Waals surface area (Å²) in [5.74, 6) is -2.82. The molecule has 0 amide bonds. The summed E-state index contributed by atoms with van der Waals surface area (Å²) < 4.78 is 40.7. The van der Waals surface area contributed by atoms with Crippen molar-refractivity contribution in [2.75, 3.05) is 0 Å². The third kappa shape index (κ3) is 2.75. The molecule has 0 saturated carbocycles. The molecule has 2 unspecified atom stereocenters. The fourth-order valence-electron chi connectivity index (χ4n) is 3.93. The number of hydrogen-bond acceptors (Lipinski definition) is 1. The molecule has 2 aliphatic heterocycles. The molecule has 0 aliphatic carbocycles. The number of nitrogens with zero attached hydrogens (tertiary/aromatic N) is 1. The topological polar surface area (TPSA) is 3.24 Å². The predicted molar refractivity (Wildman–Crippen MR) is 87.7 cm³/mol. The van der Waals surface area contributed by atoms with Crippen LogP contribution in [-0.2, 0) is 6.54 Å². The molecule has 2 aromatic rings. The van der Waals surface area contributed by atoms with E-state index < -0.39 is 17.5 Å². The summed E-state index contributed by atoms with van der Waals surface area (Å²) in [4.78, 5) is 2.43. The van der Waals surface area contributed by atoms with Gasteiger partial charge in [0, 0.05) is 30.3 Å². The highest BCUT2D eigenvalue weighted by molar-refractivity contribution is 5.68. The minimum atomic E-state index is -1.14. The normalized spacial score (nSPS) is 23.4. The van der Waals surface area contributed by atoms with Gasteiger partial charge in [-0.25, -0.2) is 13.2 Å². The second-order valence-corrected chi connectivity index (χ2v) is 6.60. The number of fused-ring (bicyclic) bond motifs is 2. The molecular formula is C20H18F3N. The zero-order valence-electron chi connectivity index (χ0n) is 13.2. The van der Waals surface area contributed by atoms with Gasteiger partial charge in [0.05, 0.1) is 0 Å². The van der Waals surface area contributed by atoms with E-state index in [1.54, 1.807) is 0 Å². The lowest BCUT2D eigenvalue weighted by Gasteiger charge is -2.34. The van der Waals surface area contributed by atoms with E-state index >= 15 is 0 Å². The van der Waals surface area contributed by atoms with Crippen LogP contribution >= 0.6 is 0 Å². The Bertz CT molecular complexity index is 785. The molecule has 0 radical (unpaired) electrons. The summed E-state index contributed by atoms with van der Waals surface area (Å²) in [7, 11) is 0. The zero-order valence-corrected chi connectivity index (χ0v) is 13.2. The highest BCUT2D eigenvalue weighted by Crippen LogP contribution is 2.40. The lowest BCUT2D eigenvalue weighted by atomic mass is 9.93. The molecule has 0 N–H and O–H groups in total. The summed E-state index contributed by atoms with van der Waals surface area (Å²) in [6, 6.07) is 12.4. The molecule has 24 heavy (non-hydrogen) atoms. The predicted octanol–water partition coefficient (Wildman–Crippen LogP) is 4.92. The Morgan fingerprint density at radius 2 is 1.67 bits per heavy atom. The molecule has 2 heterocycles. The van der Waals surface area contributed by atoms with Crippen molar-refractivity contribution in [3.05, 3.63) is 77.1 Å². The average molecular weight is 329 g/mol. The molecule has 0 spiro atoms. The Kier molecular flexibility index (Phi) is 3.93. The minimum Gasteiger partial charge on any atom is -0.289 e. The molecule has 1 nitrogen and oxygen atoms in total. The molecule has 4 rings (SSSR count). The molecule has 2 aliphatic rings. The van der Waals surface area contributed by atoms with Gasteiger partial charge in [0.2, 0.25) is 0 Å². The summed E-state index contributed by atoms with van der Waals surface area (Å²) >= 11 is 0. The first-order valence-electron chi connectivity index (χ1n) is 8.27. The maximum absolute atomic E-state index is 14.1. The highest BCUT2D eigenvalue weighted by Gasteiger charge is 2.37.